The number of ether oxygens (including phenoxy) is 1. The van der Waals surface area contributed by atoms with Gasteiger partial charge in [0.25, 0.3) is 0 Å². The lowest BCUT2D eigenvalue weighted by Gasteiger charge is -2.42. The zero-order chi connectivity index (χ0) is 19.0. The molecule has 2 saturated heterocycles. The number of hydrogen-bond donors (Lipinski definition) is 0. The molecule has 5 heteroatoms. The van der Waals surface area contributed by atoms with E-state index in [2.05, 4.69) is 53.8 Å². The van der Waals surface area contributed by atoms with E-state index in [-0.39, 0.29) is 17.7 Å². The molecule has 4 rings (SSSR count). The molecule has 2 aliphatic heterocycles. The lowest BCUT2D eigenvalue weighted by molar-refractivity contribution is -0.0401. The topological polar surface area (TPSA) is 52.4 Å². The Kier molecular flexibility index (Phi) is 4.79. The smallest absolute Gasteiger partial charge is 0.101 e. The number of aromatic nitrogens is 1. The van der Waals surface area contributed by atoms with Crippen LogP contribution < -0.4 is 4.90 Å². The van der Waals surface area contributed by atoms with Gasteiger partial charge >= 0.3 is 0 Å². The number of benzene rings is 1. The van der Waals surface area contributed by atoms with E-state index in [0.29, 0.717) is 5.56 Å². The van der Waals surface area contributed by atoms with Crippen molar-refractivity contribution in [3.8, 4) is 6.07 Å². The van der Waals surface area contributed by atoms with Crippen molar-refractivity contribution in [3.05, 3.63) is 36.0 Å². The first-order valence-corrected chi connectivity index (χ1v) is 9.91. The van der Waals surface area contributed by atoms with Crippen molar-refractivity contribution in [2.75, 3.05) is 31.1 Å². The maximum absolute atomic E-state index is 9.40. The SMILES string of the molecule is C[C@@H]1CN(c2ccc(C#N)c3ncccc23)C[C@@H](CN2CCCC2(C)C)O1. The Morgan fingerprint density at radius 2 is 2.15 bits per heavy atom. The third kappa shape index (κ3) is 3.52. The lowest BCUT2D eigenvalue weighted by Crippen LogP contribution is -2.53. The largest absolute Gasteiger partial charge is 0.370 e. The van der Waals surface area contributed by atoms with Crippen LogP contribution in [-0.2, 0) is 4.74 Å². The molecule has 2 fully saturated rings. The summed E-state index contributed by atoms with van der Waals surface area (Å²) in [6.45, 7) is 10.7. The highest BCUT2D eigenvalue weighted by molar-refractivity contribution is 5.95. The van der Waals surface area contributed by atoms with Gasteiger partial charge in [-0.15, -0.1) is 0 Å². The van der Waals surface area contributed by atoms with Crippen molar-refractivity contribution in [3.63, 3.8) is 0 Å². The second-order valence-electron chi connectivity index (χ2n) is 8.48. The molecule has 2 atom stereocenters. The molecule has 2 aromatic rings. The number of likely N-dealkylation sites (tertiary alicyclic amines) is 1. The highest BCUT2D eigenvalue weighted by Gasteiger charge is 2.35. The Morgan fingerprint density at radius 1 is 1.30 bits per heavy atom. The summed E-state index contributed by atoms with van der Waals surface area (Å²) in [5, 5.41) is 10.4. The molecule has 27 heavy (non-hydrogen) atoms. The van der Waals surface area contributed by atoms with E-state index >= 15 is 0 Å². The molecule has 1 aromatic carbocycles. The lowest BCUT2D eigenvalue weighted by atomic mass is 10.0. The van der Waals surface area contributed by atoms with Gasteiger partial charge in [0.05, 0.1) is 23.3 Å². The van der Waals surface area contributed by atoms with Crippen molar-refractivity contribution < 1.29 is 4.74 Å². The third-order valence-corrected chi connectivity index (χ3v) is 6.03. The van der Waals surface area contributed by atoms with Gasteiger partial charge in [0, 0.05) is 42.4 Å². The van der Waals surface area contributed by atoms with E-state index in [0.717, 1.165) is 42.8 Å². The van der Waals surface area contributed by atoms with Gasteiger partial charge in [-0.05, 0) is 64.4 Å². The quantitative estimate of drug-likeness (QED) is 0.833. The fraction of sp³-hybridized carbons (Fsp3) is 0.545. The van der Waals surface area contributed by atoms with Gasteiger partial charge in [0.2, 0.25) is 0 Å². The van der Waals surface area contributed by atoms with E-state index < -0.39 is 0 Å². The predicted molar refractivity (Wildman–Crippen MR) is 108 cm³/mol. The molecule has 3 heterocycles. The van der Waals surface area contributed by atoms with Crippen LogP contribution in [0.5, 0.6) is 0 Å². The number of fused-ring (bicyclic) bond motifs is 1. The maximum atomic E-state index is 9.40. The Bertz CT molecular complexity index is 872. The molecule has 0 aliphatic carbocycles. The van der Waals surface area contributed by atoms with Crippen LogP contribution in [0, 0.1) is 11.3 Å². The highest BCUT2D eigenvalue weighted by atomic mass is 16.5. The van der Waals surface area contributed by atoms with Crippen LogP contribution in [0.4, 0.5) is 5.69 Å². The molecule has 1 aromatic heterocycles. The normalized spacial score (nSPS) is 25.6. The number of morpholine rings is 1. The summed E-state index contributed by atoms with van der Waals surface area (Å²) in [6, 6.07) is 10.2. The summed E-state index contributed by atoms with van der Waals surface area (Å²) in [7, 11) is 0. The predicted octanol–water partition coefficient (Wildman–Crippen LogP) is 3.57. The monoisotopic (exact) mass is 364 g/mol. The summed E-state index contributed by atoms with van der Waals surface area (Å²) in [5.41, 5.74) is 2.83. The summed E-state index contributed by atoms with van der Waals surface area (Å²) in [4.78, 5) is 9.44. The molecule has 2 aliphatic rings. The van der Waals surface area contributed by atoms with E-state index in [1.165, 1.54) is 12.8 Å². The molecule has 0 bridgehead atoms. The number of rotatable bonds is 3. The minimum absolute atomic E-state index is 0.178. The van der Waals surface area contributed by atoms with Crippen LogP contribution in [-0.4, -0.2) is 53.8 Å². The average molecular weight is 364 g/mol. The number of pyridine rings is 1. The minimum Gasteiger partial charge on any atom is -0.370 e. The molecule has 5 nitrogen and oxygen atoms in total. The zero-order valence-electron chi connectivity index (χ0n) is 16.5. The number of nitriles is 1. The van der Waals surface area contributed by atoms with Crippen molar-refractivity contribution in [1.29, 1.82) is 5.26 Å². The Labute approximate surface area is 161 Å². The first kappa shape index (κ1) is 18.2. The molecule has 0 radical (unpaired) electrons. The van der Waals surface area contributed by atoms with Gasteiger partial charge in [-0.1, -0.05) is 0 Å². The Balaban J connectivity index is 1.61. The third-order valence-electron chi connectivity index (χ3n) is 6.03. The maximum Gasteiger partial charge on any atom is 0.101 e. The van der Waals surface area contributed by atoms with Gasteiger partial charge in [0.15, 0.2) is 0 Å². The molecule has 0 saturated carbocycles. The first-order valence-electron chi connectivity index (χ1n) is 9.91. The second kappa shape index (κ2) is 7.10. The van der Waals surface area contributed by atoms with Crippen LogP contribution in [0.25, 0.3) is 10.9 Å². The molecular formula is C22H28N4O. The van der Waals surface area contributed by atoms with Gasteiger partial charge in [0.1, 0.15) is 6.07 Å². The van der Waals surface area contributed by atoms with E-state index in [4.69, 9.17) is 4.74 Å². The van der Waals surface area contributed by atoms with Crippen molar-refractivity contribution in [2.45, 2.75) is 51.4 Å². The van der Waals surface area contributed by atoms with Crippen LogP contribution in [0.1, 0.15) is 39.2 Å². The van der Waals surface area contributed by atoms with E-state index in [1.54, 1.807) is 6.20 Å². The second-order valence-corrected chi connectivity index (χ2v) is 8.48. The molecular weight excluding hydrogens is 336 g/mol. The van der Waals surface area contributed by atoms with Gasteiger partial charge in [-0.3, -0.25) is 9.88 Å². The van der Waals surface area contributed by atoms with Crippen molar-refractivity contribution in [1.82, 2.24) is 9.88 Å². The van der Waals surface area contributed by atoms with Crippen LogP contribution in [0.3, 0.4) is 0 Å². The van der Waals surface area contributed by atoms with Crippen molar-refractivity contribution in [2.24, 2.45) is 0 Å². The minimum atomic E-state index is 0.178. The van der Waals surface area contributed by atoms with Gasteiger partial charge in [-0.2, -0.15) is 5.26 Å². The van der Waals surface area contributed by atoms with Crippen LogP contribution in [0.2, 0.25) is 0 Å². The standard InChI is InChI=1S/C22H28N4O/c1-16-13-25(14-18(27-16)15-26-11-5-9-22(26,2)3)20-8-7-17(12-23)21-19(20)6-4-10-24-21/h4,6-8,10,16,18H,5,9,11,13-15H2,1-3H3/t16-,18+/m1/s1. The molecule has 142 valence electrons. The fourth-order valence-electron chi connectivity index (χ4n) is 4.61. The number of nitrogens with zero attached hydrogens (tertiary/aromatic N) is 4. The van der Waals surface area contributed by atoms with Crippen LogP contribution >= 0.6 is 0 Å². The van der Waals surface area contributed by atoms with Crippen LogP contribution in [0.15, 0.2) is 30.5 Å². The number of hydrogen-bond acceptors (Lipinski definition) is 5. The molecule has 0 N–H and O–H groups in total. The zero-order valence-corrected chi connectivity index (χ0v) is 16.5. The van der Waals surface area contributed by atoms with Gasteiger partial charge in [-0.25, -0.2) is 0 Å². The summed E-state index contributed by atoms with van der Waals surface area (Å²) < 4.78 is 6.30. The van der Waals surface area contributed by atoms with E-state index in [1.807, 2.05) is 12.1 Å². The molecule has 0 amide bonds. The molecule has 0 unspecified atom stereocenters. The van der Waals surface area contributed by atoms with Gasteiger partial charge < -0.3 is 9.64 Å². The van der Waals surface area contributed by atoms with E-state index in [9.17, 15) is 5.26 Å². The summed E-state index contributed by atoms with van der Waals surface area (Å²) in [6.07, 6.45) is 4.65. The summed E-state index contributed by atoms with van der Waals surface area (Å²) >= 11 is 0. The summed E-state index contributed by atoms with van der Waals surface area (Å²) in [5.74, 6) is 0. The van der Waals surface area contributed by atoms with Crippen molar-refractivity contribution >= 4 is 16.6 Å². The number of anilines is 1. The Hall–Kier alpha value is -2.16. The average Bonchev–Trinajstić information content (AvgIpc) is 2.98. The first-order chi connectivity index (χ1) is 13.0. The highest BCUT2D eigenvalue weighted by Crippen LogP contribution is 2.32. The molecule has 0 spiro atoms. The fourth-order valence-corrected chi connectivity index (χ4v) is 4.61. The Morgan fingerprint density at radius 3 is 2.89 bits per heavy atom.